The third-order valence-corrected chi connectivity index (χ3v) is 5.22. The van der Waals surface area contributed by atoms with Crippen molar-refractivity contribution in [1.29, 1.82) is 0 Å². The van der Waals surface area contributed by atoms with E-state index in [1.165, 1.54) is 19.4 Å². The number of benzene rings is 2. The molecule has 25 heavy (non-hydrogen) atoms. The van der Waals surface area contributed by atoms with E-state index in [9.17, 15) is 8.42 Å². The first-order valence-corrected chi connectivity index (χ1v) is 9.08. The zero-order valence-corrected chi connectivity index (χ0v) is 14.9. The molecule has 3 aromatic rings. The molecule has 0 saturated heterocycles. The summed E-state index contributed by atoms with van der Waals surface area (Å²) in [5.41, 5.74) is 3.03. The van der Waals surface area contributed by atoms with Crippen LogP contribution in [0.3, 0.4) is 0 Å². The van der Waals surface area contributed by atoms with Crippen molar-refractivity contribution < 1.29 is 17.7 Å². The Morgan fingerprint density at radius 2 is 1.88 bits per heavy atom. The van der Waals surface area contributed by atoms with Gasteiger partial charge in [-0.25, -0.2) is 8.42 Å². The molecule has 0 atom stereocenters. The number of sulfonamides is 1. The van der Waals surface area contributed by atoms with Gasteiger partial charge in [-0.1, -0.05) is 17.3 Å². The fourth-order valence-corrected chi connectivity index (χ4v) is 3.73. The van der Waals surface area contributed by atoms with Crippen LogP contribution in [0, 0.1) is 13.8 Å². The van der Waals surface area contributed by atoms with Gasteiger partial charge >= 0.3 is 0 Å². The molecule has 0 spiro atoms. The Hall–Kier alpha value is -2.80. The van der Waals surface area contributed by atoms with E-state index in [0.29, 0.717) is 17.0 Å². The van der Waals surface area contributed by atoms with Gasteiger partial charge in [0, 0.05) is 11.6 Å². The number of nitrogens with zero attached hydrogens (tertiary/aromatic N) is 1. The molecule has 0 aliphatic carbocycles. The van der Waals surface area contributed by atoms with E-state index in [1.807, 2.05) is 26.0 Å². The van der Waals surface area contributed by atoms with Crippen LogP contribution in [-0.2, 0) is 10.0 Å². The van der Waals surface area contributed by atoms with Gasteiger partial charge < -0.3 is 9.26 Å². The molecule has 6 nitrogen and oxygen atoms in total. The lowest BCUT2D eigenvalue weighted by atomic mass is 10.1. The number of aromatic nitrogens is 1. The van der Waals surface area contributed by atoms with Gasteiger partial charge in [0.25, 0.3) is 10.0 Å². The fraction of sp³-hybridized carbons (Fsp3) is 0.167. The van der Waals surface area contributed by atoms with Crippen molar-refractivity contribution >= 4 is 15.7 Å². The van der Waals surface area contributed by atoms with E-state index in [2.05, 4.69) is 9.88 Å². The van der Waals surface area contributed by atoms with Gasteiger partial charge in [0.1, 0.15) is 10.6 Å². The number of hydrogen-bond acceptors (Lipinski definition) is 5. The molecular formula is C18H18N2O4S. The molecule has 0 fully saturated rings. The number of methoxy groups -OCH3 is 1. The second kappa shape index (κ2) is 6.60. The number of nitrogens with one attached hydrogen (secondary N) is 1. The fourth-order valence-electron chi connectivity index (χ4n) is 2.45. The van der Waals surface area contributed by atoms with Crippen molar-refractivity contribution in [2.75, 3.05) is 11.8 Å². The second-order valence-corrected chi connectivity index (χ2v) is 7.32. The van der Waals surface area contributed by atoms with Crippen LogP contribution in [0.25, 0.3) is 11.3 Å². The summed E-state index contributed by atoms with van der Waals surface area (Å²) < 4.78 is 38.6. The van der Waals surface area contributed by atoms with Crippen LogP contribution < -0.4 is 9.46 Å². The maximum absolute atomic E-state index is 12.8. The highest BCUT2D eigenvalue weighted by molar-refractivity contribution is 7.92. The Labute approximate surface area is 146 Å². The molecule has 1 heterocycles. The van der Waals surface area contributed by atoms with Crippen molar-refractivity contribution in [3.63, 3.8) is 0 Å². The Morgan fingerprint density at radius 1 is 1.08 bits per heavy atom. The number of rotatable bonds is 5. The highest BCUT2D eigenvalue weighted by Crippen LogP contribution is 2.31. The Bertz CT molecular complexity index is 996. The van der Waals surface area contributed by atoms with Crippen LogP contribution in [0.2, 0.25) is 0 Å². The number of anilines is 1. The zero-order chi connectivity index (χ0) is 18.0. The van der Waals surface area contributed by atoms with Crippen LogP contribution >= 0.6 is 0 Å². The normalized spacial score (nSPS) is 11.3. The van der Waals surface area contributed by atoms with Gasteiger partial charge in [-0.15, -0.1) is 0 Å². The summed E-state index contributed by atoms with van der Waals surface area (Å²) in [6.45, 7) is 3.76. The average Bonchev–Trinajstić information content (AvgIpc) is 3.12. The van der Waals surface area contributed by atoms with Crippen LogP contribution in [0.15, 0.2) is 58.1 Å². The predicted molar refractivity (Wildman–Crippen MR) is 95.2 cm³/mol. The molecule has 0 radical (unpaired) electrons. The van der Waals surface area contributed by atoms with Crippen molar-refractivity contribution in [3.05, 3.63) is 59.8 Å². The number of aryl methyl sites for hydroxylation is 2. The van der Waals surface area contributed by atoms with Crippen LogP contribution in [0.5, 0.6) is 5.75 Å². The summed E-state index contributed by atoms with van der Waals surface area (Å²) >= 11 is 0. The molecule has 2 aromatic carbocycles. The zero-order valence-electron chi connectivity index (χ0n) is 14.1. The number of hydrogen-bond donors (Lipinski definition) is 1. The topological polar surface area (TPSA) is 81.4 Å². The minimum absolute atomic E-state index is 0.0548. The summed E-state index contributed by atoms with van der Waals surface area (Å²) in [7, 11) is -2.38. The Kier molecular flexibility index (Phi) is 4.50. The van der Waals surface area contributed by atoms with E-state index in [-0.39, 0.29) is 10.6 Å². The lowest BCUT2D eigenvalue weighted by molar-refractivity contribution is 0.402. The summed E-state index contributed by atoms with van der Waals surface area (Å²) in [5.74, 6) is 0.761. The largest absolute Gasteiger partial charge is 0.495 e. The molecule has 0 aliphatic heterocycles. The van der Waals surface area contributed by atoms with Crippen molar-refractivity contribution in [2.24, 2.45) is 0 Å². The van der Waals surface area contributed by atoms with Crippen LogP contribution in [-0.4, -0.2) is 20.7 Å². The molecule has 0 unspecified atom stereocenters. The quantitative estimate of drug-likeness (QED) is 0.751. The first kappa shape index (κ1) is 17.0. The second-order valence-electron chi connectivity index (χ2n) is 5.67. The standard InChI is InChI=1S/C18H18N2O4S/c1-12-4-5-13(2)15(10-12)20-25(21,22)18-7-6-14(11-17(18)23-3)16-8-9-19-24-16/h4-11,20H,1-3H3. The van der Waals surface area contributed by atoms with E-state index < -0.39 is 10.0 Å². The summed E-state index contributed by atoms with van der Waals surface area (Å²) in [4.78, 5) is 0.0548. The van der Waals surface area contributed by atoms with Gasteiger partial charge in [0.15, 0.2) is 5.76 Å². The lowest BCUT2D eigenvalue weighted by Crippen LogP contribution is -2.15. The van der Waals surface area contributed by atoms with Crippen LogP contribution in [0.1, 0.15) is 11.1 Å². The predicted octanol–water partition coefficient (Wildman–Crippen LogP) is 3.77. The molecular weight excluding hydrogens is 340 g/mol. The molecule has 3 rings (SSSR count). The minimum Gasteiger partial charge on any atom is -0.495 e. The van der Waals surface area contributed by atoms with Gasteiger partial charge in [-0.05, 0) is 49.2 Å². The molecule has 0 bridgehead atoms. The van der Waals surface area contributed by atoms with E-state index in [4.69, 9.17) is 9.26 Å². The summed E-state index contributed by atoms with van der Waals surface area (Å²) in [6.07, 6.45) is 1.52. The molecule has 0 amide bonds. The first-order valence-electron chi connectivity index (χ1n) is 7.60. The SMILES string of the molecule is COc1cc(-c2ccno2)ccc1S(=O)(=O)Nc1cc(C)ccc1C. The van der Waals surface area contributed by atoms with Crippen molar-refractivity contribution in [3.8, 4) is 17.1 Å². The van der Waals surface area contributed by atoms with E-state index >= 15 is 0 Å². The Balaban J connectivity index is 2.00. The van der Waals surface area contributed by atoms with Crippen molar-refractivity contribution in [2.45, 2.75) is 18.7 Å². The van der Waals surface area contributed by atoms with E-state index in [0.717, 1.165) is 11.1 Å². The minimum atomic E-state index is -3.80. The molecule has 0 aliphatic rings. The van der Waals surface area contributed by atoms with Crippen LogP contribution in [0.4, 0.5) is 5.69 Å². The van der Waals surface area contributed by atoms with Gasteiger partial charge in [-0.3, -0.25) is 4.72 Å². The highest BCUT2D eigenvalue weighted by Gasteiger charge is 2.21. The molecule has 0 saturated carbocycles. The smallest absolute Gasteiger partial charge is 0.265 e. The van der Waals surface area contributed by atoms with Gasteiger partial charge in [0.05, 0.1) is 19.0 Å². The van der Waals surface area contributed by atoms with Gasteiger partial charge in [0.2, 0.25) is 0 Å². The lowest BCUT2D eigenvalue weighted by Gasteiger charge is -2.14. The molecule has 1 aromatic heterocycles. The highest BCUT2D eigenvalue weighted by atomic mass is 32.2. The molecule has 1 N–H and O–H groups in total. The van der Waals surface area contributed by atoms with Crippen molar-refractivity contribution in [1.82, 2.24) is 5.16 Å². The average molecular weight is 358 g/mol. The maximum Gasteiger partial charge on any atom is 0.265 e. The Morgan fingerprint density at radius 3 is 2.56 bits per heavy atom. The first-order chi connectivity index (χ1) is 11.9. The summed E-state index contributed by atoms with van der Waals surface area (Å²) in [5, 5.41) is 3.65. The molecule has 7 heteroatoms. The monoisotopic (exact) mass is 358 g/mol. The van der Waals surface area contributed by atoms with E-state index in [1.54, 1.807) is 24.3 Å². The van der Waals surface area contributed by atoms with Gasteiger partial charge in [-0.2, -0.15) is 0 Å². The number of ether oxygens (including phenoxy) is 1. The molecule has 130 valence electrons. The third-order valence-electron chi connectivity index (χ3n) is 3.81. The third kappa shape index (κ3) is 3.51. The maximum atomic E-state index is 12.8. The summed E-state index contributed by atoms with van der Waals surface area (Å²) in [6, 6.07) is 12.0.